The van der Waals surface area contributed by atoms with E-state index < -0.39 is 0 Å². The van der Waals surface area contributed by atoms with Gasteiger partial charge >= 0.3 is 0 Å². The van der Waals surface area contributed by atoms with Crippen LogP contribution >= 0.6 is 0 Å². The summed E-state index contributed by atoms with van der Waals surface area (Å²) in [4.78, 5) is 11.6. The van der Waals surface area contributed by atoms with E-state index >= 15 is 0 Å². The lowest BCUT2D eigenvalue weighted by Crippen LogP contribution is -2.40. The van der Waals surface area contributed by atoms with Crippen molar-refractivity contribution in [3.8, 4) is 0 Å². The van der Waals surface area contributed by atoms with Gasteiger partial charge in [0.1, 0.15) is 0 Å². The van der Waals surface area contributed by atoms with E-state index in [-0.39, 0.29) is 11.8 Å². The zero-order valence-corrected chi connectivity index (χ0v) is 9.10. The van der Waals surface area contributed by atoms with Gasteiger partial charge in [0.2, 0.25) is 5.91 Å². The molecule has 0 aromatic heterocycles. The topological polar surface area (TPSA) is 41.1 Å². The molecule has 0 bridgehead atoms. The second-order valence-electron chi connectivity index (χ2n) is 4.07. The highest BCUT2D eigenvalue weighted by Crippen LogP contribution is 2.09. The number of rotatable bonds is 3. The molecule has 1 rings (SSSR count). The molecular formula is C11H20N2O. The molecule has 1 unspecified atom stereocenters. The molecule has 1 aliphatic rings. The molecule has 80 valence electrons. The quantitative estimate of drug-likeness (QED) is 0.663. The Morgan fingerprint density at radius 1 is 1.57 bits per heavy atom. The number of hydrogen-bond acceptors (Lipinski definition) is 2. The summed E-state index contributed by atoms with van der Waals surface area (Å²) >= 11 is 0. The fourth-order valence-corrected chi connectivity index (χ4v) is 1.58. The first-order chi connectivity index (χ1) is 6.70. The van der Waals surface area contributed by atoms with Gasteiger partial charge in [0, 0.05) is 13.1 Å². The lowest BCUT2D eigenvalue weighted by atomic mass is 9.99. The summed E-state index contributed by atoms with van der Waals surface area (Å²) in [6, 6.07) is 0. The van der Waals surface area contributed by atoms with Crippen molar-refractivity contribution in [2.45, 2.75) is 26.7 Å². The number of carbonyl (C=O) groups excluding carboxylic acids is 1. The molecule has 14 heavy (non-hydrogen) atoms. The van der Waals surface area contributed by atoms with E-state index in [4.69, 9.17) is 0 Å². The SMILES string of the molecule is CC(C)=CCNC(=O)C1CCCNC1. The monoisotopic (exact) mass is 196 g/mol. The van der Waals surface area contributed by atoms with Crippen LogP contribution in [-0.2, 0) is 4.79 Å². The Morgan fingerprint density at radius 2 is 2.36 bits per heavy atom. The van der Waals surface area contributed by atoms with Gasteiger partial charge in [-0.05, 0) is 33.2 Å². The van der Waals surface area contributed by atoms with Gasteiger partial charge < -0.3 is 10.6 Å². The molecule has 0 radical (unpaired) electrons. The molecule has 1 saturated heterocycles. The molecule has 1 heterocycles. The van der Waals surface area contributed by atoms with E-state index in [0.29, 0.717) is 6.54 Å². The van der Waals surface area contributed by atoms with Gasteiger partial charge in [0.05, 0.1) is 5.92 Å². The van der Waals surface area contributed by atoms with Gasteiger partial charge in [0.15, 0.2) is 0 Å². The van der Waals surface area contributed by atoms with Gasteiger partial charge in [-0.25, -0.2) is 0 Å². The smallest absolute Gasteiger partial charge is 0.224 e. The van der Waals surface area contributed by atoms with E-state index in [0.717, 1.165) is 25.9 Å². The second kappa shape index (κ2) is 5.81. The van der Waals surface area contributed by atoms with Crippen LogP contribution in [0.25, 0.3) is 0 Å². The number of hydrogen-bond donors (Lipinski definition) is 2. The zero-order chi connectivity index (χ0) is 10.4. The highest BCUT2D eigenvalue weighted by Gasteiger charge is 2.19. The summed E-state index contributed by atoms with van der Waals surface area (Å²) in [6.45, 7) is 6.62. The average Bonchev–Trinajstić information content (AvgIpc) is 2.18. The van der Waals surface area contributed by atoms with Crippen molar-refractivity contribution in [1.29, 1.82) is 0 Å². The highest BCUT2D eigenvalue weighted by molar-refractivity contribution is 5.79. The van der Waals surface area contributed by atoms with Crippen LogP contribution in [0.1, 0.15) is 26.7 Å². The Labute approximate surface area is 86.0 Å². The molecule has 2 N–H and O–H groups in total. The summed E-state index contributed by atoms with van der Waals surface area (Å²) < 4.78 is 0. The number of carbonyl (C=O) groups is 1. The van der Waals surface area contributed by atoms with E-state index in [9.17, 15) is 4.79 Å². The maximum Gasteiger partial charge on any atom is 0.224 e. The number of piperidine rings is 1. The van der Waals surface area contributed by atoms with Crippen LogP contribution in [0.15, 0.2) is 11.6 Å². The Bertz CT molecular complexity index is 213. The average molecular weight is 196 g/mol. The summed E-state index contributed by atoms with van der Waals surface area (Å²) in [5.41, 5.74) is 1.24. The molecule has 0 spiro atoms. The first-order valence-corrected chi connectivity index (χ1v) is 5.32. The predicted molar refractivity (Wildman–Crippen MR) is 58.0 cm³/mol. The van der Waals surface area contributed by atoms with Gasteiger partial charge in [-0.1, -0.05) is 11.6 Å². The third kappa shape index (κ3) is 3.92. The predicted octanol–water partition coefficient (Wildman–Crippen LogP) is 1.07. The van der Waals surface area contributed by atoms with Gasteiger partial charge in [0.25, 0.3) is 0 Å². The van der Waals surface area contributed by atoms with Gasteiger partial charge in [-0.15, -0.1) is 0 Å². The molecule has 0 aromatic carbocycles. The maximum atomic E-state index is 11.6. The van der Waals surface area contributed by atoms with Gasteiger partial charge in [-0.3, -0.25) is 4.79 Å². The number of amides is 1. The Kier molecular flexibility index (Phi) is 4.66. The van der Waals surface area contributed by atoms with Gasteiger partial charge in [-0.2, -0.15) is 0 Å². The van der Waals surface area contributed by atoms with Crippen LogP contribution in [-0.4, -0.2) is 25.5 Å². The van der Waals surface area contributed by atoms with E-state index in [1.807, 2.05) is 19.9 Å². The van der Waals surface area contributed by atoms with Crippen LogP contribution in [0.5, 0.6) is 0 Å². The standard InChI is InChI=1S/C11H20N2O/c1-9(2)5-7-13-11(14)10-4-3-6-12-8-10/h5,10,12H,3-4,6-8H2,1-2H3,(H,13,14). The highest BCUT2D eigenvalue weighted by atomic mass is 16.1. The molecule has 1 amide bonds. The maximum absolute atomic E-state index is 11.6. The summed E-state index contributed by atoms with van der Waals surface area (Å²) in [5, 5.41) is 6.17. The lowest BCUT2D eigenvalue weighted by Gasteiger charge is -2.21. The zero-order valence-electron chi connectivity index (χ0n) is 9.10. The summed E-state index contributed by atoms with van der Waals surface area (Å²) in [7, 11) is 0. The van der Waals surface area contributed by atoms with Crippen molar-refractivity contribution in [1.82, 2.24) is 10.6 Å². The third-order valence-corrected chi connectivity index (χ3v) is 2.45. The Hall–Kier alpha value is -0.830. The number of allylic oxidation sites excluding steroid dienone is 1. The van der Waals surface area contributed by atoms with Crippen LogP contribution in [0.2, 0.25) is 0 Å². The van der Waals surface area contributed by atoms with E-state index in [2.05, 4.69) is 10.6 Å². The fraction of sp³-hybridized carbons (Fsp3) is 0.727. The minimum atomic E-state index is 0.175. The minimum Gasteiger partial charge on any atom is -0.352 e. The molecule has 0 aromatic rings. The molecule has 3 nitrogen and oxygen atoms in total. The largest absolute Gasteiger partial charge is 0.352 e. The first kappa shape index (κ1) is 11.2. The third-order valence-electron chi connectivity index (χ3n) is 2.45. The Balaban J connectivity index is 2.23. The van der Waals surface area contributed by atoms with Crippen molar-refractivity contribution in [3.63, 3.8) is 0 Å². The molecule has 0 aliphatic carbocycles. The van der Waals surface area contributed by atoms with Crippen molar-refractivity contribution >= 4 is 5.91 Å². The van der Waals surface area contributed by atoms with Crippen LogP contribution < -0.4 is 10.6 Å². The van der Waals surface area contributed by atoms with Crippen molar-refractivity contribution < 1.29 is 4.79 Å². The molecular weight excluding hydrogens is 176 g/mol. The molecule has 0 saturated carbocycles. The van der Waals surface area contributed by atoms with Crippen molar-refractivity contribution in [2.24, 2.45) is 5.92 Å². The Morgan fingerprint density at radius 3 is 2.93 bits per heavy atom. The lowest BCUT2D eigenvalue weighted by molar-refractivity contribution is -0.125. The summed E-state index contributed by atoms with van der Waals surface area (Å²) in [5.74, 6) is 0.365. The first-order valence-electron chi connectivity index (χ1n) is 5.32. The summed E-state index contributed by atoms with van der Waals surface area (Å²) in [6.07, 6.45) is 4.17. The fourth-order valence-electron chi connectivity index (χ4n) is 1.58. The normalized spacial score (nSPS) is 21.4. The minimum absolute atomic E-state index is 0.175. The van der Waals surface area contributed by atoms with Crippen LogP contribution in [0.3, 0.4) is 0 Å². The van der Waals surface area contributed by atoms with Crippen molar-refractivity contribution in [3.05, 3.63) is 11.6 Å². The molecule has 1 aliphatic heterocycles. The molecule has 3 heteroatoms. The second-order valence-corrected chi connectivity index (χ2v) is 4.07. The van der Waals surface area contributed by atoms with Crippen LogP contribution in [0, 0.1) is 5.92 Å². The van der Waals surface area contributed by atoms with E-state index in [1.165, 1.54) is 5.57 Å². The number of nitrogens with one attached hydrogen (secondary N) is 2. The van der Waals surface area contributed by atoms with E-state index in [1.54, 1.807) is 0 Å². The van der Waals surface area contributed by atoms with Crippen molar-refractivity contribution in [2.75, 3.05) is 19.6 Å². The molecule has 1 atom stereocenters. The molecule has 1 fully saturated rings. The van der Waals surface area contributed by atoms with Crippen LogP contribution in [0.4, 0.5) is 0 Å².